The highest BCUT2D eigenvalue weighted by atomic mass is 16.5. The van der Waals surface area contributed by atoms with Crippen molar-refractivity contribution < 1.29 is 24.1 Å². The molecule has 30 heavy (non-hydrogen) atoms. The molecule has 0 saturated carbocycles. The Kier molecular flexibility index (Phi) is 9.53. The molecule has 1 aliphatic rings. The summed E-state index contributed by atoms with van der Waals surface area (Å²) < 4.78 is 22.8. The fourth-order valence-corrected chi connectivity index (χ4v) is 3.22. The Bertz CT molecular complexity index is 738. The first-order valence-electron chi connectivity index (χ1n) is 10.5. The minimum atomic E-state index is 0.320. The van der Waals surface area contributed by atoms with E-state index in [4.69, 9.17) is 18.9 Å². The van der Waals surface area contributed by atoms with Gasteiger partial charge >= 0.3 is 0 Å². The van der Waals surface area contributed by atoms with Crippen LogP contribution in [0.1, 0.15) is 22.5 Å². The quantitative estimate of drug-likeness (QED) is 0.807. The van der Waals surface area contributed by atoms with Crippen LogP contribution in [0.3, 0.4) is 0 Å². The van der Waals surface area contributed by atoms with Gasteiger partial charge < -0.3 is 24.1 Å². The van der Waals surface area contributed by atoms with Crippen molar-refractivity contribution >= 4 is 0 Å². The number of aromatic hydroxyl groups is 1. The third kappa shape index (κ3) is 8.01. The number of nitrogens with zero attached hydrogens (tertiary/aromatic N) is 2. The SMILES string of the molecule is Cc1ccc(O)c(CN2CCOCCOCc3cccc(n3)COCCOCC2)c1. The minimum Gasteiger partial charge on any atom is -0.508 e. The van der Waals surface area contributed by atoms with Gasteiger partial charge in [-0.05, 0) is 25.1 Å². The number of aryl methyl sites for hydroxylation is 1. The van der Waals surface area contributed by atoms with Gasteiger partial charge in [0.05, 0.1) is 64.2 Å². The zero-order valence-electron chi connectivity index (χ0n) is 17.7. The van der Waals surface area contributed by atoms with Crippen LogP contribution >= 0.6 is 0 Å². The first kappa shape index (κ1) is 22.7. The summed E-state index contributed by atoms with van der Waals surface area (Å²) in [5, 5.41) is 10.2. The standard InChI is InChI=1S/C23H32N2O5/c1-19-5-6-23(26)20(15-19)16-25-7-9-27-11-13-29-17-21-3-2-4-22(24-21)18-30-14-12-28-10-8-25/h2-6,15,26H,7-14,16-18H2,1H3. The van der Waals surface area contributed by atoms with E-state index in [1.54, 1.807) is 6.07 Å². The van der Waals surface area contributed by atoms with Crippen molar-refractivity contribution in [3.63, 3.8) is 0 Å². The zero-order chi connectivity index (χ0) is 21.0. The molecule has 164 valence electrons. The molecule has 2 heterocycles. The van der Waals surface area contributed by atoms with Gasteiger partial charge in [-0.25, -0.2) is 0 Å². The van der Waals surface area contributed by atoms with Gasteiger partial charge in [-0.3, -0.25) is 9.88 Å². The first-order valence-corrected chi connectivity index (χ1v) is 10.5. The van der Waals surface area contributed by atoms with E-state index in [0.717, 1.165) is 35.6 Å². The van der Waals surface area contributed by atoms with Gasteiger partial charge in [0.15, 0.2) is 0 Å². The second-order valence-electron chi connectivity index (χ2n) is 7.36. The van der Waals surface area contributed by atoms with Crippen LogP contribution in [0.2, 0.25) is 0 Å². The molecule has 0 unspecified atom stereocenters. The lowest BCUT2D eigenvalue weighted by Gasteiger charge is -2.23. The van der Waals surface area contributed by atoms with Crippen molar-refractivity contribution in [3.8, 4) is 5.75 Å². The number of hydrogen-bond acceptors (Lipinski definition) is 7. The molecule has 0 amide bonds. The Morgan fingerprint density at radius 2 is 1.43 bits per heavy atom. The molecule has 2 aromatic rings. The van der Waals surface area contributed by atoms with Gasteiger partial charge in [0.1, 0.15) is 5.75 Å². The highest BCUT2D eigenvalue weighted by Gasteiger charge is 2.10. The van der Waals surface area contributed by atoms with E-state index in [0.29, 0.717) is 65.1 Å². The summed E-state index contributed by atoms with van der Waals surface area (Å²) >= 11 is 0. The van der Waals surface area contributed by atoms with Gasteiger partial charge in [0, 0.05) is 25.2 Å². The fraction of sp³-hybridized carbons (Fsp3) is 0.522. The van der Waals surface area contributed by atoms with Crippen LogP contribution in [0.15, 0.2) is 36.4 Å². The molecule has 0 spiro atoms. The normalized spacial score (nSPS) is 18.4. The second-order valence-corrected chi connectivity index (χ2v) is 7.36. The van der Waals surface area contributed by atoms with Gasteiger partial charge in [-0.15, -0.1) is 0 Å². The van der Waals surface area contributed by atoms with E-state index < -0.39 is 0 Å². The maximum absolute atomic E-state index is 10.2. The monoisotopic (exact) mass is 416 g/mol. The van der Waals surface area contributed by atoms with Crippen LogP contribution in [-0.4, -0.2) is 67.7 Å². The summed E-state index contributed by atoms with van der Waals surface area (Å²) in [6, 6.07) is 11.5. The molecule has 0 radical (unpaired) electrons. The molecular formula is C23H32N2O5. The molecule has 7 nitrogen and oxygen atoms in total. The van der Waals surface area contributed by atoms with Gasteiger partial charge in [-0.1, -0.05) is 23.8 Å². The van der Waals surface area contributed by atoms with Crippen molar-refractivity contribution in [2.45, 2.75) is 26.7 Å². The molecule has 0 atom stereocenters. The number of hydrogen-bond donors (Lipinski definition) is 1. The number of aromatic nitrogens is 1. The summed E-state index contributed by atoms with van der Waals surface area (Å²) in [5.41, 5.74) is 3.82. The van der Waals surface area contributed by atoms with Crippen LogP contribution in [0.25, 0.3) is 0 Å². The number of benzene rings is 1. The Balaban J connectivity index is 1.53. The summed E-state index contributed by atoms with van der Waals surface area (Å²) in [6.07, 6.45) is 0. The minimum absolute atomic E-state index is 0.320. The van der Waals surface area contributed by atoms with Gasteiger partial charge in [0.2, 0.25) is 0 Å². The predicted octanol–water partition coefficient (Wildman–Crippen LogP) is 2.68. The molecule has 1 aliphatic heterocycles. The summed E-state index contributed by atoms with van der Waals surface area (Å²) in [5.74, 6) is 0.320. The van der Waals surface area contributed by atoms with Crippen molar-refractivity contribution in [3.05, 3.63) is 58.9 Å². The van der Waals surface area contributed by atoms with E-state index >= 15 is 0 Å². The van der Waals surface area contributed by atoms with Gasteiger partial charge in [-0.2, -0.15) is 0 Å². The molecule has 0 saturated heterocycles. The average Bonchev–Trinajstić information content (AvgIpc) is 2.74. The van der Waals surface area contributed by atoms with E-state index in [-0.39, 0.29) is 0 Å². The number of phenolic OH excluding ortho intramolecular Hbond substituents is 1. The Morgan fingerprint density at radius 3 is 2.07 bits per heavy atom. The zero-order valence-corrected chi connectivity index (χ0v) is 17.7. The lowest BCUT2D eigenvalue weighted by Crippen LogP contribution is -2.31. The van der Waals surface area contributed by atoms with Crippen LogP contribution in [0.5, 0.6) is 5.75 Å². The number of ether oxygens (including phenoxy) is 4. The molecular weight excluding hydrogens is 384 g/mol. The number of phenols is 1. The summed E-state index contributed by atoms with van der Waals surface area (Å²) in [6.45, 7) is 8.36. The average molecular weight is 417 g/mol. The Labute approximate surface area is 178 Å². The molecule has 3 rings (SSSR count). The Morgan fingerprint density at radius 1 is 0.833 bits per heavy atom. The van der Waals surface area contributed by atoms with E-state index in [2.05, 4.69) is 9.88 Å². The largest absolute Gasteiger partial charge is 0.508 e. The van der Waals surface area contributed by atoms with Crippen molar-refractivity contribution in [2.24, 2.45) is 0 Å². The first-order chi connectivity index (χ1) is 14.7. The molecule has 7 heteroatoms. The molecule has 1 aromatic carbocycles. The summed E-state index contributed by atoms with van der Waals surface area (Å²) in [7, 11) is 0. The molecule has 1 aromatic heterocycles. The maximum Gasteiger partial charge on any atom is 0.120 e. The number of fused-ring (bicyclic) bond motifs is 2. The third-order valence-electron chi connectivity index (χ3n) is 4.84. The van der Waals surface area contributed by atoms with Crippen molar-refractivity contribution in [2.75, 3.05) is 52.7 Å². The van der Waals surface area contributed by atoms with E-state index in [9.17, 15) is 5.11 Å². The van der Waals surface area contributed by atoms with Crippen molar-refractivity contribution in [1.29, 1.82) is 0 Å². The van der Waals surface area contributed by atoms with Crippen LogP contribution < -0.4 is 0 Å². The number of rotatable bonds is 2. The second kappa shape index (κ2) is 12.6. The lowest BCUT2D eigenvalue weighted by molar-refractivity contribution is 0.0148. The Hall–Kier alpha value is -2.03. The molecule has 1 N–H and O–H groups in total. The highest BCUT2D eigenvalue weighted by molar-refractivity contribution is 5.35. The molecule has 2 bridgehead atoms. The third-order valence-corrected chi connectivity index (χ3v) is 4.84. The molecule has 0 aliphatic carbocycles. The maximum atomic E-state index is 10.2. The van der Waals surface area contributed by atoms with Crippen molar-refractivity contribution in [1.82, 2.24) is 9.88 Å². The van der Waals surface area contributed by atoms with Crippen LogP contribution in [0, 0.1) is 6.92 Å². The lowest BCUT2D eigenvalue weighted by atomic mass is 10.1. The smallest absolute Gasteiger partial charge is 0.120 e. The van der Waals surface area contributed by atoms with Crippen LogP contribution in [-0.2, 0) is 38.7 Å². The van der Waals surface area contributed by atoms with Gasteiger partial charge in [0.25, 0.3) is 0 Å². The topological polar surface area (TPSA) is 73.3 Å². The number of pyridine rings is 1. The highest BCUT2D eigenvalue weighted by Crippen LogP contribution is 2.20. The fourth-order valence-electron chi connectivity index (χ4n) is 3.22. The van der Waals surface area contributed by atoms with E-state index in [1.807, 2.05) is 37.3 Å². The predicted molar refractivity (Wildman–Crippen MR) is 113 cm³/mol. The summed E-state index contributed by atoms with van der Waals surface area (Å²) in [4.78, 5) is 6.77. The van der Waals surface area contributed by atoms with E-state index in [1.165, 1.54) is 0 Å². The molecule has 0 fully saturated rings. The van der Waals surface area contributed by atoms with Crippen LogP contribution in [0.4, 0.5) is 0 Å².